The van der Waals surface area contributed by atoms with E-state index in [0.29, 0.717) is 13.1 Å². The fraction of sp³-hybridized carbons (Fsp3) is 0.286. The highest BCUT2D eigenvalue weighted by atomic mass is 16.4. The van der Waals surface area contributed by atoms with Gasteiger partial charge in [0.1, 0.15) is 11.4 Å². The number of hydrogen-bond acceptors (Lipinski definition) is 4. The highest BCUT2D eigenvalue weighted by Gasteiger charge is 2.03. The number of hydrogen-bond donors (Lipinski definition) is 1. The number of aryl methyl sites for hydroxylation is 1. The Kier molecular flexibility index (Phi) is 3.29. The summed E-state index contributed by atoms with van der Waals surface area (Å²) >= 11 is 0. The van der Waals surface area contributed by atoms with E-state index in [0.717, 1.165) is 29.4 Å². The standard InChI is InChI=1S/C14H16N4O/c1-2-12-8-16-14(19-12)9-15-7-11-10-18-6-4-3-5-13(18)17-11/h3-6,8,10,15H,2,7,9H2,1H3. The minimum Gasteiger partial charge on any atom is -0.444 e. The number of oxazole rings is 1. The third-order valence-electron chi connectivity index (χ3n) is 2.95. The topological polar surface area (TPSA) is 55.4 Å². The molecule has 0 saturated heterocycles. The number of fused-ring (bicyclic) bond motifs is 1. The normalized spacial score (nSPS) is 11.2. The maximum Gasteiger partial charge on any atom is 0.208 e. The molecule has 19 heavy (non-hydrogen) atoms. The van der Waals surface area contributed by atoms with E-state index in [2.05, 4.69) is 15.3 Å². The summed E-state index contributed by atoms with van der Waals surface area (Å²) in [6, 6.07) is 5.97. The first-order valence-electron chi connectivity index (χ1n) is 6.42. The number of imidazole rings is 1. The Morgan fingerprint density at radius 2 is 2.26 bits per heavy atom. The summed E-state index contributed by atoms with van der Waals surface area (Å²) in [6.45, 7) is 3.37. The molecule has 0 bridgehead atoms. The molecule has 0 atom stereocenters. The van der Waals surface area contributed by atoms with Crippen molar-refractivity contribution in [1.29, 1.82) is 0 Å². The summed E-state index contributed by atoms with van der Waals surface area (Å²) in [7, 11) is 0. The van der Waals surface area contributed by atoms with E-state index in [1.54, 1.807) is 6.20 Å². The number of pyridine rings is 1. The smallest absolute Gasteiger partial charge is 0.208 e. The quantitative estimate of drug-likeness (QED) is 0.760. The second-order valence-electron chi connectivity index (χ2n) is 4.38. The van der Waals surface area contributed by atoms with Gasteiger partial charge in [0.2, 0.25) is 5.89 Å². The lowest BCUT2D eigenvalue weighted by Gasteiger charge is -1.98. The third kappa shape index (κ3) is 2.66. The van der Waals surface area contributed by atoms with Crippen LogP contribution in [-0.4, -0.2) is 14.4 Å². The van der Waals surface area contributed by atoms with Gasteiger partial charge in [-0.1, -0.05) is 13.0 Å². The summed E-state index contributed by atoms with van der Waals surface area (Å²) in [5.41, 5.74) is 1.97. The molecule has 98 valence electrons. The Labute approximate surface area is 111 Å². The average Bonchev–Trinajstić information content (AvgIpc) is 3.04. The highest BCUT2D eigenvalue weighted by Crippen LogP contribution is 2.06. The molecule has 0 unspecified atom stereocenters. The molecule has 0 radical (unpaired) electrons. The molecule has 0 aliphatic carbocycles. The molecule has 0 spiro atoms. The fourth-order valence-electron chi connectivity index (χ4n) is 1.96. The van der Waals surface area contributed by atoms with E-state index in [-0.39, 0.29) is 0 Å². The van der Waals surface area contributed by atoms with Gasteiger partial charge >= 0.3 is 0 Å². The van der Waals surface area contributed by atoms with Crippen LogP contribution in [0.25, 0.3) is 5.65 Å². The van der Waals surface area contributed by atoms with Crippen LogP contribution in [0.5, 0.6) is 0 Å². The second-order valence-corrected chi connectivity index (χ2v) is 4.38. The predicted molar refractivity (Wildman–Crippen MR) is 71.6 cm³/mol. The van der Waals surface area contributed by atoms with Gasteiger partial charge in [-0.2, -0.15) is 0 Å². The summed E-state index contributed by atoms with van der Waals surface area (Å²) in [6.07, 6.45) is 6.67. The Hall–Kier alpha value is -2.14. The van der Waals surface area contributed by atoms with Gasteiger partial charge in [-0.3, -0.25) is 0 Å². The van der Waals surface area contributed by atoms with Crippen LogP contribution in [0.1, 0.15) is 24.3 Å². The monoisotopic (exact) mass is 256 g/mol. The van der Waals surface area contributed by atoms with Crippen LogP contribution in [0.3, 0.4) is 0 Å². The molecule has 0 amide bonds. The van der Waals surface area contributed by atoms with Gasteiger partial charge < -0.3 is 14.1 Å². The molecule has 0 aliphatic heterocycles. The second kappa shape index (κ2) is 5.24. The first-order valence-corrected chi connectivity index (χ1v) is 6.42. The molecule has 0 aromatic carbocycles. The molecule has 3 heterocycles. The van der Waals surface area contributed by atoms with E-state index in [1.807, 2.05) is 41.9 Å². The maximum absolute atomic E-state index is 5.53. The van der Waals surface area contributed by atoms with Gasteiger partial charge in [-0.15, -0.1) is 0 Å². The van der Waals surface area contributed by atoms with Gasteiger partial charge in [0, 0.05) is 25.4 Å². The van der Waals surface area contributed by atoms with Gasteiger partial charge in [-0.05, 0) is 12.1 Å². The Bertz CT molecular complexity index is 638. The van der Waals surface area contributed by atoms with Crippen molar-refractivity contribution in [2.24, 2.45) is 0 Å². The van der Waals surface area contributed by atoms with E-state index >= 15 is 0 Å². The Morgan fingerprint density at radius 1 is 1.32 bits per heavy atom. The molecule has 5 heteroatoms. The maximum atomic E-state index is 5.53. The largest absolute Gasteiger partial charge is 0.444 e. The number of nitrogens with zero attached hydrogens (tertiary/aromatic N) is 3. The molecular weight excluding hydrogens is 240 g/mol. The Morgan fingerprint density at radius 3 is 3.05 bits per heavy atom. The van der Waals surface area contributed by atoms with Gasteiger partial charge in [0.05, 0.1) is 18.4 Å². The van der Waals surface area contributed by atoms with Crippen molar-refractivity contribution in [2.75, 3.05) is 0 Å². The zero-order valence-corrected chi connectivity index (χ0v) is 10.8. The van der Waals surface area contributed by atoms with Gasteiger partial charge in [0.15, 0.2) is 0 Å². The van der Waals surface area contributed by atoms with Crippen molar-refractivity contribution in [3.8, 4) is 0 Å². The first-order chi connectivity index (χ1) is 9.35. The molecule has 3 rings (SSSR count). The van der Waals surface area contributed by atoms with E-state index in [9.17, 15) is 0 Å². The number of aromatic nitrogens is 3. The van der Waals surface area contributed by atoms with Crippen molar-refractivity contribution in [2.45, 2.75) is 26.4 Å². The molecule has 0 fully saturated rings. The van der Waals surface area contributed by atoms with Crippen LogP contribution in [0.15, 0.2) is 41.2 Å². The SMILES string of the molecule is CCc1cnc(CNCc2cn3ccccc3n2)o1. The molecule has 0 aliphatic rings. The first kappa shape index (κ1) is 11.9. The molecule has 3 aromatic heterocycles. The van der Waals surface area contributed by atoms with Crippen LogP contribution >= 0.6 is 0 Å². The summed E-state index contributed by atoms with van der Waals surface area (Å²) in [4.78, 5) is 8.72. The molecule has 5 nitrogen and oxygen atoms in total. The van der Waals surface area contributed by atoms with Crippen molar-refractivity contribution in [3.63, 3.8) is 0 Å². The van der Waals surface area contributed by atoms with Crippen molar-refractivity contribution >= 4 is 5.65 Å². The van der Waals surface area contributed by atoms with Crippen molar-refractivity contribution < 1.29 is 4.42 Å². The lowest BCUT2D eigenvalue weighted by Crippen LogP contribution is -2.13. The van der Waals surface area contributed by atoms with Crippen LogP contribution < -0.4 is 5.32 Å². The minimum atomic E-state index is 0.619. The van der Waals surface area contributed by atoms with Gasteiger partial charge in [-0.25, -0.2) is 9.97 Å². The molecule has 0 saturated carbocycles. The van der Waals surface area contributed by atoms with Crippen LogP contribution in [-0.2, 0) is 19.5 Å². The highest BCUT2D eigenvalue weighted by molar-refractivity contribution is 5.39. The molecule has 1 N–H and O–H groups in total. The third-order valence-corrected chi connectivity index (χ3v) is 2.95. The van der Waals surface area contributed by atoms with Crippen LogP contribution in [0.2, 0.25) is 0 Å². The summed E-state index contributed by atoms with van der Waals surface area (Å²) in [5.74, 6) is 1.64. The van der Waals surface area contributed by atoms with E-state index in [1.165, 1.54) is 0 Å². The zero-order chi connectivity index (χ0) is 13.1. The van der Waals surface area contributed by atoms with Crippen LogP contribution in [0.4, 0.5) is 0 Å². The van der Waals surface area contributed by atoms with Crippen molar-refractivity contribution in [1.82, 2.24) is 19.7 Å². The zero-order valence-electron chi connectivity index (χ0n) is 10.8. The number of rotatable bonds is 5. The van der Waals surface area contributed by atoms with E-state index in [4.69, 9.17) is 4.42 Å². The number of nitrogens with one attached hydrogen (secondary N) is 1. The lowest BCUT2D eigenvalue weighted by molar-refractivity contribution is 0.438. The summed E-state index contributed by atoms with van der Waals surface area (Å²) < 4.78 is 7.54. The van der Waals surface area contributed by atoms with Crippen LogP contribution in [0, 0.1) is 0 Å². The molecule has 3 aromatic rings. The Balaban J connectivity index is 1.59. The minimum absolute atomic E-state index is 0.619. The lowest BCUT2D eigenvalue weighted by atomic mass is 10.4. The van der Waals surface area contributed by atoms with Gasteiger partial charge in [0.25, 0.3) is 0 Å². The average molecular weight is 256 g/mol. The van der Waals surface area contributed by atoms with E-state index < -0.39 is 0 Å². The van der Waals surface area contributed by atoms with Crippen molar-refractivity contribution in [3.05, 3.63) is 54.1 Å². The summed E-state index contributed by atoms with van der Waals surface area (Å²) in [5, 5.41) is 3.28. The predicted octanol–water partition coefficient (Wildman–Crippen LogP) is 2.17. The molecular formula is C14H16N4O. The fourth-order valence-corrected chi connectivity index (χ4v) is 1.96.